The van der Waals surface area contributed by atoms with E-state index in [1.54, 1.807) is 21.3 Å². The second-order valence-electron chi connectivity index (χ2n) is 6.00. The Kier molecular flexibility index (Phi) is 6.33. The third kappa shape index (κ3) is 3.83. The van der Waals surface area contributed by atoms with Crippen LogP contribution in [0, 0.1) is 0 Å². The summed E-state index contributed by atoms with van der Waals surface area (Å²) in [6.07, 6.45) is 0. The summed E-state index contributed by atoms with van der Waals surface area (Å²) in [7, 11) is 5.08. The van der Waals surface area contributed by atoms with Crippen molar-refractivity contribution >= 4 is 59.1 Å². The molecule has 0 aromatic heterocycles. The molecule has 27 heavy (non-hydrogen) atoms. The first kappa shape index (κ1) is 20.8. The minimum absolute atomic E-state index is 0.864. The van der Waals surface area contributed by atoms with Gasteiger partial charge in [0.15, 0.2) is 0 Å². The Morgan fingerprint density at radius 3 is 0.889 bits per heavy atom. The van der Waals surface area contributed by atoms with Crippen molar-refractivity contribution in [2.45, 2.75) is 0 Å². The standard InChI is InChI=1S/C21H21AsI2O3/c1-25-19-10-4-16(5-11-19)22(23,24,17-6-12-20(26-2)13-7-17)18-8-14-21(27-3)15-9-18/h4-15H,1-3H3. The molecule has 0 bridgehead atoms. The van der Waals surface area contributed by atoms with Crippen LogP contribution in [0.25, 0.3) is 0 Å². The average Bonchev–Trinajstić information content (AvgIpc) is 2.74. The van der Waals surface area contributed by atoms with Crippen LogP contribution in [0.15, 0.2) is 72.8 Å². The van der Waals surface area contributed by atoms with Gasteiger partial charge in [0.2, 0.25) is 0 Å². The molecule has 0 radical (unpaired) electrons. The Hall–Kier alpha value is -0.922. The number of hydrogen-bond acceptors (Lipinski definition) is 3. The first-order valence-corrected chi connectivity index (χ1v) is 22.6. The Morgan fingerprint density at radius 1 is 0.481 bits per heavy atom. The van der Waals surface area contributed by atoms with Crippen molar-refractivity contribution in [2.75, 3.05) is 21.3 Å². The summed E-state index contributed by atoms with van der Waals surface area (Å²) in [4.78, 5) is 0. The zero-order chi connectivity index (χ0) is 19.5. The van der Waals surface area contributed by atoms with E-state index < -0.39 is 5.75 Å². The molecule has 0 unspecified atom stereocenters. The van der Waals surface area contributed by atoms with Gasteiger partial charge in [0.25, 0.3) is 0 Å². The summed E-state index contributed by atoms with van der Waals surface area (Å²) in [5.41, 5.74) is 0. The predicted octanol–water partition coefficient (Wildman–Crippen LogP) is 4.00. The normalized spacial score (nSPS) is 12.7. The molecule has 0 saturated carbocycles. The number of rotatable bonds is 6. The van der Waals surface area contributed by atoms with Gasteiger partial charge in [0, 0.05) is 0 Å². The van der Waals surface area contributed by atoms with Crippen molar-refractivity contribution in [3.05, 3.63) is 72.8 Å². The molecule has 3 nitrogen and oxygen atoms in total. The van der Waals surface area contributed by atoms with Crippen molar-refractivity contribution in [1.29, 1.82) is 0 Å². The first-order valence-electron chi connectivity index (χ1n) is 8.31. The maximum atomic E-state index is 5.37. The van der Waals surface area contributed by atoms with E-state index in [4.69, 9.17) is 14.2 Å². The van der Waals surface area contributed by atoms with Gasteiger partial charge in [-0.05, 0) is 0 Å². The molecule has 142 valence electrons. The topological polar surface area (TPSA) is 27.7 Å². The molecule has 3 aromatic carbocycles. The Balaban J connectivity index is 2.25. The summed E-state index contributed by atoms with van der Waals surface area (Å²) in [5.74, 6) is -0.816. The van der Waals surface area contributed by atoms with E-state index in [1.807, 2.05) is 36.4 Å². The van der Waals surface area contributed by atoms with E-state index in [9.17, 15) is 0 Å². The summed E-state index contributed by atoms with van der Waals surface area (Å²) < 4.78 is 20.1. The monoisotopic (exact) mass is 650 g/mol. The molecule has 0 aliphatic heterocycles. The Labute approximate surface area is 183 Å². The Morgan fingerprint density at radius 2 is 0.704 bits per heavy atom. The number of ether oxygens (including phenoxy) is 3. The van der Waals surface area contributed by atoms with Gasteiger partial charge in [-0.2, -0.15) is 0 Å². The molecule has 0 heterocycles. The fourth-order valence-electron chi connectivity index (χ4n) is 2.98. The maximum absolute atomic E-state index is 5.37. The van der Waals surface area contributed by atoms with Gasteiger partial charge in [0.05, 0.1) is 0 Å². The van der Waals surface area contributed by atoms with Crippen LogP contribution in [0.1, 0.15) is 0 Å². The van der Waals surface area contributed by atoms with Gasteiger partial charge >= 0.3 is 185 Å². The van der Waals surface area contributed by atoms with Crippen LogP contribution in [0.3, 0.4) is 0 Å². The van der Waals surface area contributed by atoms with Crippen molar-refractivity contribution < 1.29 is 14.2 Å². The van der Waals surface area contributed by atoms with Crippen molar-refractivity contribution in [3.8, 4) is 17.2 Å². The zero-order valence-corrected chi connectivity index (χ0v) is 21.5. The predicted molar refractivity (Wildman–Crippen MR) is 132 cm³/mol. The second kappa shape index (κ2) is 8.21. The molecular formula is C21H21AsI2O3. The molecule has 0 N–H and O–H groups in total. The molecule has 0 atom stereocenters. The van der Waals surface area contributed by atoms with Crippen LogP contribution >= 0.6 is 40.3 Å². The molecule has 0 fully saturated rings. The Bertz CT molecular complexity index is 785. The van der Waals surface area contributed by atoms with Crippen molar-refractivity contribution in [2.24, 2.45) is 0 Å². The van der Waals surface area contributed by atoms with Crippen LogP contribution in [0.4, 0.5) is 0 Å². The quantitative estimate of drug-likeness (QED) is 0.299. The van der Waals surface area contributed by atoms with E-state index in [0.29, 0.717) is 0 Å². The fourth-order valence-corrected chi connectivity index (χ4v) is 19.1. The number of halogens is 2. The fraction of sp³-hybridized carbons (Fsp3) is 0.143. The molecule has 0 aliphatic rings. The number of methoxy groups -OCH3 is 3. The summed E-state index contributed by atoms with van der Waals surface area (Å²) in [6.45, 7) is 0. The van der Waals surface area contributed by atoms with Gasteiger partial charge in [-0.1, -0.05) is 0 Å². The van der Waals surface area contributed by atoms with Crippen LogP contribution in [-0.2, 0) is 0 Å². The van der Waals surface area contributed by atoms with Gasteiger partial charge in [-0.3, -0.25) is 0 Å². The van der Waals surface area contributed by atoms with Crippen LogP contribution in [0.2, 0.25) is 0 Å². The van der Waals surface area contributed by atoms with E-state index in [2.05, 4.69) is 76.7 Å². The zero-order valence-electron chi connectivity index (χ0n) is 15.4. The van der Waals surface area contributed by atoms with E-state index in [0.717, 1.165) is 17.2 Å². The second-order valence-corrected chi connectivity index (χ2v) is 42.7. The summed E-state index contributed by atoms with van der Waals surface area (Å²) in [6, 6.07) is 25.4. The number of benzene rings is 3. The summed E-state index contributed by atoms with van der Waals surface area (Å²) in [5, 5.41) is 0. The third-order valence-corrected chi connectivity index (χ3v) is 29.5. The van der Waals surface area contributed by atoms with E-state index in [1.165, 1.54) is 13.1 Å². The molecule has 0 saturated heterocycles. The van der Waals surface area contributed by atoms with Gasteiger partial charge in [0.1, 0.15) is 0 Å². The molecule has 3 aromatic rings. The minimum atomic E-state index is -3.41. The van der Waals surface area contributed by atoms with Crippen LogP contribution in [-0.4, -0.2) is 27.1 Å². The first-order chi connectivity index (χ1) is 12.9. The molecule has 0 aliphatic carbocycles. The summed E-state index contributed by atoms with van der Waals surface area (Å²) >= 11 is 5.44. The van der Waals surface area contributed by atoms with E-state index >= 15 is 0 Å². The number of hydrogen-bond donors (Lipinski definition) is 0. The molecule has 6 heteroatoms. The molecular weight excluding hydrogens is 629 g/mol. The van der Waals surface area contributed by atoms with Gasteiger partial charge in [-0.15, -0.1) is 0 Å². The van der Waals surface area contributed by atoms with E-state index in [-0.39, 0.29) is 0 Å². The van der Waals surface area contributed by atoms with Crippen LogP contribution < -0.4 is 27.3 Å². The molecule has 0 amide bonds. The van der Waals surface area contributed by atoms with Gasteiger partial charge < -0.3 is 0 Å². The van der Waals surface area contributed by atoms with Crippen molar-refractivity contribution in [3.63, 3.8) is 0 Å². The van der Waals surface area contributed by atoms with Crippen LogP contribution in [0.5, 0.6) is 17.2 Å². The molecule has 0 spiro atoms. The average molecular weight is 650 g/mol. The van der Waals surface area contributed by atoms with Gasteiger partial charge in [-0.25, -0.2) is 0 Å². The third-order valence-electron chi connectivity index (χ3n) is 4.58. The molecule has 3 rings (SSSR count). The van der Waals surface area contributed by atoms with Crippen molar-refractivity contribution in [1.82, 2.24) is 0 Å². The SMILES string of the molecule is COc1ccc([As](I)(I)(c2ccc(OC)cc2)c2ccc(OC)cc2)cc1.